The van der Waals surface area contributed by atoms with Gasteiger partial charge in [-0.15, -0.1) is 0 Å². The summed E-state index contributed by atoms with van der Waals surface area (Å²) < 4.78 is 26.3. The Balaban J connectivity index is 1.64. The highest BCUT2D eigenvalue weighted by molar-refractivity contribution is 5.95. The van der Waals surface area contributed by atoms with Crippen LogP contribution in [0, 0.1) is 18.6 Å². The quantitative estimate of drug-likeness (QED) is 0.839. The van der Waals surface area contributed by atoms with Gasteiger partial charge in [-0.1, -0.05) is 6.07 Å². The predicted octanol–water partition coefficient (Wildman–Crippen LogP) is 2.27. The molecule has 0 unspecified atom stereocenters. The molecule has 0 spiro atoms. The van der Waals surface area contributed by atoms with Crippen LogP contribution in [0.15, 0.2) is 36.4 Å². The van der Waals surface area contributed by atoms with E-state index >= 15 is 0 Å². The van der Waals surface area contributed by atoms with Crippen LogP contribution in [0.2, 0.25) is 0 Å². The molecule has 2 heterocycles. The lowest BCUT2D eigenvalue weighted by Gasteiger charge is -2.34. The summed E-state index contributed by atoms with van der Waals surface area (Å²) in [6, 6.07) is 8.34. The number of hydrogen-bond acceptors (Lipinski definition) is 3. The Morgan fingerprint density at radius 3 is 2.16 bits per heavy atom. The molecule has 130 valence electrons. The van der Waals surface area contributed by atoms with Crippen LogP contribution in [-0.4, -0.2) is 52.8 Å². The van der Waals surface area contributed by atoms with Gasteiger partial charge in [-0.25, -0.2) is 13.8 Å². The molecule has 0 aliphatic carbocycles. The zero-order chi connectivity index (χ0) is 18.0. The Hall–Kier alpha value is -2.83. The van der Waals surface area contributed by atoms with Gasteiger partial charge in [0.25, 0.3) is 11.8 Å². The van der Waals surface area contributed by atoms with E-state index in [9.17, 15) is 18.4 Å². The molecule has 1 saturated heterocycles. The second-order valence-corrected chi connectivity index (χ2v) is 5.88. The highest BCUT2D eigenvalue weighted by Crippen LogP contribution is 2.14. The van der Waals surface area contributed by atoms with Gasteiger partial charge < -0.3 is 9.80 Å². The molecule has 2 aromatic rings. The van der Waals surface area contributed by atoms with Crippen molar-refractivity contribution in [2.24, 2.45) is 0 Å². The molecule has 0 radical (unpaired) electrons. The van der Waals surface area contributed by atoms with Crippen molar-refractivity contribution in [3.05, 3.63) is 65.0 Å². The highest BCUT2D eigenvalue weighted by Gasteiger charge is 2.26. The monoisotopic (exact) mass is 345 g/mol. The summed E-state index contributed by atoms with van der Waals surface area (Å²) in [4.78, 5) is 32.2. The molecule has 25 heavy (non-hydrogen) atoms. The van der Waals surface area contributed by atoms with Gasteiger partial charge in [0, 0.05) is 37.4 Å². The molecule has 1 aromatic heterocycles. The van der Waals surface area contributed by atoms with Crippen molar-refractivity contribution in [2.45, 2.75) is 6.92 Å². The molecule has 1 aliphatic rings. The summed E-state index contributed by atoms with van der Waals surface area (Å²) in [6.07, 6.45) is 0. The largest absolute Gasteiger partial charge is 0.335 e. The number of aryl methyl sites for hydroxylation is 1. The summed E-state index contributed by atoms with van der Waals surface area (Å²) in [7, 11) is 0. The van der Waals surface area contributed by atoms with E-state index in [0.29, 0.717) is 31.9 Å². The van der Waals surface area contributed by atoms with Crippen LogP contribution in [0.4, 0.5) is 8.78 Å². The zero-order valence-electron chi connectivity index (χ0n) is 13.7. The van der Waals surface area contributed by atoms with Crippen molar-refractivity contribution >= 4 is 11.8 Å². The van der Waals surface area contributed by atoms with Crippen LogP contribution < -0.4 is 0 Å². The number of aromatic nitrogens is 1. The molecule has 3 rings (SSSR count). The van der Waals surface area contributed by atoms with Gasteiger partial charge in [0.15, 0.2) is 11.6 Å². The minimum Gasteiger partial charge on any atom is -0.335 e. The fourth-order valence-electron chi connectivity index (χ4n) is 2.75. The van der Waals surface area contributed by atoms with Crippen LogP contribution in [-0.2, 0) is 0 Å². The summed E-state index contributed by atoms with van der Waals surface area (Å²) in [6.45, 7) is 3.20. The van der Waals surface area contributed by atoms with Gasteiger partial charge in [0.05, 0.1) is 0 Å². The van der Waals surface area contributed by atoms with Crippen molar-refractivity contribution in [1.29, 1.82) is 0 Å². The van der Waals surface area contributed by atoms with Crippen LogP contribution >= 0.6 is 0 Å². The van der Waals surface area contributed by atoms with E-state index in [0.717, 1.165) is 17.8 Å². The lowest BCUT2D eigenvalue weighted by Crippen LogP contribution is -2.50. The maximum atomic E-state index is 13.3. The van der Waals surface area contributed by atoms with E-state index in [4.69, 9.17) is 0 Å². The Bertz CT molecular complexity index is 818. The van der Waals surface area contributed by atoms with Crippen LogP contribution in [0.5, 0.6) is 0 Å². The number of halogens is 2. The SMILES string of the molecule is Cc1cccc(C(=O)N2CCN(C(=O)c3ccc(F)c(F)c3)CC2)n1. The first-order valence-electron chi connectivity index (χ1n) is 7.93. The third-order valence-corrected chi connectivity index (χ3v) is 4.13. The number of amides is 2. The number of rotatable bonds is 2. The van der Waals surface area contributed by atoms with Crippen molar-refractivity contribution < 1.29 is 18.4 Å². The van der Waals surface area contributed by atoms with Gasteiger partial charge in [0.2, 0.25) is 0 Å². The summed E-state index contributed by atoms with van der Waals surface area (Å²) in [5.41, 5.74) is 1.23. The highest BCUT2D eigenvalue weighted by atomic mass is 19.2. The van der Waals surface area contributed by atoms with E-state index in [-0.39, 0.29) is 17.4 Å². The average molecular weight is 345 g/mol. The van der Waals surface area contributed by atoms with E-state index in [1.807, 2.05) is 13.0 Å². The first-order valence-corrected chi connectivity index (χ1v) is 7.93. The van der Waals surface area contributed by atoms with Crippen molar-refractivity contribution in [3.63, 3.8) is 0 Å². The van der Waals surface area contributed by atoms with Crippen LogP contribution in [0.25, 0.3) is 0 Å². The second kappa shape index (κ2) is 6.96. The number of pyridine rings is 1. The Labute approximate surface area is 143 Å². The Morgan fingerprint density at radius 2 is 1.56 bits per heavy atom. The van der Waals surface area contributed by atoms with E-state index < -0.39 is 11.6 Å². The van der Waals surface area contributed by atoms with Crippen molar-refractivity contribution in [3.8, 4) is 0 Å². The maximum absolute atomic E-state index is 13.3. The van der Waals surface area contributed by atoms with Crippen LogP contribution in [0.1, 0.15) is 26.5 Å². The first-order chi connectivity index (χ1) is 12.0. The molecular formula is C18H17F2N3O2. The predicted molar refractivity (Wildman–Crippen MR) is 87.1 cm³/mol. The molecule has 0 bridgehead atoms. The molecule has 0 N–H and O–H groups in total. The number of piperazine rings is 1. The minimum atomic E-state index is -1.05. The molecular weight excluding hydrogens is 328 g/mol. The molecule has 2 amide bonds. The number of nitrogens with zero attached hydrogens (tertiary/aromatic N) is 3. The third-order valence-electron chi connectivity index (χ3n) is 4.13. The molecule has 1 aromatic carbocycles. The molecule has 1 fully saturated rings. The zero-order valence-corrected chi connectivity index (χ0v) is 13.7. The Morgan fingerprint density at radius 1 is 0.920 bits per heavy atom. The molecule has 7 heteroatoms. The number of carbonyl (C=O) groups excluding carboxylic acids is 2. The fourth-order valence-corrected chi connectivity index (χ4v) is 2.75. The van der Waals surface area contributed by atoms with Gasteiger partial charge >= 0.3 is 0 Å². The molecule has 1 aliphatic heterocycles. The Kier molecular flexibility index (Phi) is 4.74. The lowest BCUT2D eigenvalue weighted by molar-refractivity contribution is 0.0532. The lowest BCUT2D eigenvalue weighted by atomic mass is 10.1. The number of benzene rings is 1. The van der Waals surface area contributed by atoms with Gasteiger partial charge in [-0.3, -0.25) is 9.59 Å². The summed E-state index contributed by atoms with van der Waals surface area (Å²) >= 11 is 0. The third kappa shape index (κ3) is 3.65. The van der Waals surface area contributed by atoms with E-state index in [2.05, 4.69) is 4.98 Å². The molecule has 5 nitrogen and oxygen atoms in total. The first kappa shape index (κ1) is 17.0. The summed E-state index contributed by atoms with van der Waals surface area (Å²) in [5.74, 6) is -2.59. The minimum absolute atomic E-state index is 0.0963. The topological polar surface area (TPSA) is 53.5 Å². The molecule has 0 saturated carbocycles. The second-order valence-electron chi connectivity index (χ2n) is 5.88. The van der Waals surface area contributed by atoms with Crippen molar-refractivity contribution in [2.75, 3.05) is 26.2 Å². The number of hydrogen-bond donors (Lipinski definition) is 0. The van der Waals surface area contributed by atoms with Gasteiger partial charge in [-0.2, -0.15) is 0 Å². The van der Waals surface area contributed by atoms with Crippen LogP contribution in [0.3, 0.4) is 0 Å². The fraction of sp³-hybridized carbons (Fsp3) is 0.278. The summed E-state index contributed by atoms with van der Waals surface area (Å²) in [5, 5.41) is 0. The van der Waals surface area contributed by atoms with Gasteiger partial charge in [0.1, 0.15) is 5.69 Å². The number of carbonyl (C=O) groups is 2. The average Bonchev–Trinajstić information content (AvgIpc) is 2.63. The van der Waals surface area contributed by atoms with E-state index in [1.54, 1.807) is 17.0 Å². The van der Waals surface area contributed by atoms with Gasteiger partial charge in [-0.05, 0) is 37.3 Å². The molecule has 0 atom stereocenters. The maximum Gasteiger partial charge on any atom is 0.272 e. The standard InChI is InChI=1S/C18H17F2N3O2/c1-12-3-2-4-16(21-12)18(25)23-9-7-22(8-10-23)17(24)13-5-6-14(19)15(20)11-13/h2-6,11H,7-10H2,1H3. The normalized spacial score (nSPS) is 14.5. The smallest absolute Gasteiger partial charge is 0.272 e. The van der Waals surface area contributed by atoms with E-state index in [1.165, 1.54) is 11.0 Å². The van der Waals surface area contributed by atoms with Crippen molar-refractivity contribution in [1.82, 2.24) is 14.8 Å².